The Morgan fingerprint density at radius 3 is 2.69 bits per heavy atom. The number of thiocarbonyl (C=S) groups is 1. The van der Waals surface area contributed by atoms with Gasteiger partial charge in [-0.3, -0.25) is 19.9 Å². The molecule has 1 amide bonds. The summed E-state index contributed by atoms with van der Waals surface area (Å²) in [7, 11) is 1.40. The molecule has 1 aromatic carbocycles. The highest BCUT2D eigenvalue weighted by Gasteiger charge is 2.34. The van der Waals surface area contributed by atoms with Gasteiger partial charge in [-0.2, -0.15) is 5.06 Å². The van der Waals surface area contributed by atoms with Crippen LogP contribution in [0.3, 0.4) is 0 Å². The molecular weight excluding hydrogens is 504 g/mol. The van der Waals surface area contributed by atoms with Crippen LogP contribution in [0.1, 0.15) is 5.76 Å². The van der Waals surface area contributed by atoms with Crippen LogP contribution in [-0.2, 0) is 20.9 Å². The average Bonchev–Trinajstić information content (AvgIpc) is 3.39. The number of anilines is 2. The van der Waals surface area contributed by atoms with Crippen LogP contribution in [-0.4, -0.2) is 73.8 Å². The van der Waals surface area contributed by atoms with E-state index in [-0.39, 0.29) is 68.3 Å². The van der Waals surface area contributed by atoms with E-state index in [1.165, 1.54) is 29.2 Å². The number of nitro groups is 1. The molecule has 2 aliphatic rings. The summed E-state index contributed by atoms with van der Waals surface area (Å²) < 4.78 is 45.4. The number of methoxy groups -OCH3 is 1. The van der Waals surface area contributed by atoms with Gasteiger partial charge >= 0.3 is 12.0 Å². The number of rotatable bonds is 7. The molecule has 12 nitrogen and oxygen atoms in total. The molecule has 4 rings (SSSR count). The fourth-order valence-electron chi connectivity index (χ4n) is 3.88. The molecule has 2 saturated heterocycles. The fourth-order valence-corrected chi connectivity index (χ4v) is 3.96. The molecule has 1 atom stereocenters. The summed E-state index contributed by atoms with van der Waals surface area (Å²) in [6.07, 6.45) is -1.31. The van der Waals surface area contributed by atoms with Gasteiger partial charge in [-0.1, -0.05) is 0 Å². The first-order valence-electron chi connectivity index (χ1n) is 10.9. The second-order valence-corrected chi connectivity index (χ2v) is 8.30. The minimum absolute atomic E-state index is 0.0303. The van der Waals surface area contributed by atoms with Crippen LogP contribution in [0.25, 0.3) is 0 Å². The largest absolute Gasteiger partial charge is 0.474 e. The standard InChI is InChI=1S/C21H23F2N5O7S/c1-32-20(36)24-10-15-12-27(21(29)35-15)13-8-16(22)19(17(23)9-13)25-4-5-26(33-7-6-25)11-14-2-3-18(34-14)28(30)31/h2-3,8-9,15H,4-7,10-12H2,1H3,(H,24,36)/t15-/m0/s1. The predicted molar refractivity (Wildman–Crippen MR) is 126 cm³/mol. The van der Waals surface area contributed by atoms with Gasteiger partial charge in [0.1, 0.15) is 22.5 Å². The third-order valence-electron chi connectivity index (χ3n) is 5.58. The third-order valence-corrected chi connectivity index (χ3v) is 5.89. The zero-order chi connectivity index (χ0) is 25.8. The zero-order valence-corrected chi connectivity index (χ0v) is 20.0. The number of benzene rings is 1. The lowest BCUT2D eigenvalue weighted by atomic mass is 10.2. The maximum Gasteiger partial charge on any atom is 0.433 e. The van der Waals surface area contributed by atoms with Crippen molar-refractivity contribution < 1.29 is 37.2 Å². The number of hydrogen-bond donors (Lipinski definition) is 1. The van der Waals surface area contributed by atoms with Crippen LogP contribution in [0.4, 0.5) is 30.8 Å². The molecule has 0 unspecified atom stereocenters. The van der Waals surface area contributed by atoms with E-state index in [0.717, 1.165) is 17.0 Å². The van der Waals surface area contributed by atoms with E-state index in [0.29, 0.717) is 5.76 Å². The highest BCUT2D eigenvalue weighted by atomic mass is 32.1. The van der Waals surface area contributed by atoms with Gasteiger partial charge < -0.3 is 24.1 Å². The van der Waals surface area contributed by atoms with Crippen LogP contribution in [0.2, 0.25) is 0 Å². The number of furan rings is 1. The number of nitrogens with one attached hydrogen (secondary N) is 1. The van der Waals surface area contributed by atoms with E-state index in [4.69, 9.17) is 30.9 Å². The maximum atomic E-state index is 15.1. The number of halogens is 2. The molecule has 0 saturated carbocycles. The van der Waals surface area contributed by atoms with Gasteiger partial charge in [0, 0.05) is 31.8 Å². The second-order valence-electron chi connectivity index (χ2n) is 7.93. The molecule has 15 heteroatoms. The van der Waals surface area contributed by atoms with Crippen molar-refractivity contribution in [3.05, 3.63) is 51.8 Å². The molecule has 3 heterocycles. The average molecular weight is 528 g/mol. The molecule has 1 N–H and O–H groups in total. The summed E-state index contributed by atoms with van der Waals surface area (Å²) >= 11 is 4.88. The smallest absolute Gasteiger partial charge is 0.433 e. The normalized spacial score (nSPS) is 18.6. The highest BCUT2D eigenvalue weighted by molar-refractivity contribution is 7.80. The summed E-state index contributed by atoms with van der Waals surface area (Å²) in [5.74, 6) is -1.73. The highest BCUT2D eigenvalue weighted by Crippen LogP contribution is 2.31. The molecule has 0 radical (unpaired) electrons. The van der Waals surface area contributed by atoms with Gasteiger partial charge in [-0.05, 0) is 18.3 Å². The lowest BCUT2D eigenvalue weighted by Gasteiger charge is -2.24. The molecule has 2 fully saturated rings. The van der Waals surface area contributed by atoms with Crippen molar-refractivity contribution >= 4 is 40.7 Å². The van der Waals surface area contributed by atoms with Crippen LogP contribution in [0.5, 0.6) is 0 Å². The number of ether oxygens (including phenoxy) is 2. The van der Waals surface area contributed by atoms with E-state index >= 15 is 8.78 Å². The van der Waals surface area contributed by atoms with Crippen LogP contribution in [0, 0.1) is 21.7 Å². The number of carbonyl (C=O) groups is 1. The Hall–Kier alpha value is -3.56. The van der Waals surface area contributed by atoms with Crippen LogP contribution >= 0.6 is 12.2 Å². The summed E-state index contributed by atoms with van der Waals surface area (Å²) in [5, 5.41) is 15.2. The third kappa shape index (κ3) is 5.80. The van der Waals surface area contributed by atoms with E-state index < -0.39 is 28.8 Å². The lowest BCUT2D eigenvalue weighted by molar-refractivity contribution is -0.402. The van der Waals surface area contributed by atoms with Crippen molar-refractivity contribution in [3.8, 4) is 0 Å². The molecule has 2 aromatic rings. The first-order valence-corrected chi connectivity index (χ1v) is 11.3. The van der Waals surface area contributed by atoms with E-state index in [2.05, 4.69) is 5.32 Å². The second kappa shape index (κ2) is 11.0. The van der Waals surface area contributed by atoms with Gasteiger partial charge in [-0.15, -0.1) is 0 Å². The van der Waals surface area contributed by atoms with E-state index in [9.17, 15) is 14.9 Å². The Bertz CT molecular complexity index is 1130. The van der Waals surface area contributed by atoms with Crippen LogP contribution < -0.4 is 15.1 Å². The Balaban J connectivity index is 1.40. The zero-order valence-electron chi connectivity index (χ0n) is 19.1. The van der Waals surface area contributed by atoms with Crippen molar-refractivity contribution in [2.75, 3.05) is 56.2 Å². The van der Waals surface area contributed by atoms with E-state index in [1.807, 2.05) is 0 Å². The number of cyclic esters (lactones) is 1. The molecule has 0 spiro atoms. The van der Waals surface area contributed by atoms with Crippen molar-refractivity contribution in [2.45, 2.75) is 12.6 Å². The van der Waals surface area contributed by atoms with Crippen molar-refractivity contribution in [2.24, 2.45) is 0 Å². The van der Waals surface area contributed by atoms with Crippen molar-refractivity contribution in [1.29, 1.82) is 0 Å². The summed E-state index contributed by atoms with van der Waals surface area (Å²) in [6.45, 7) is 1.19. The Labute approximate surface area is 209 Å². The molecule has 36 heavy (non-hydrogen) atoms. The van der Waals surface area contributed by atoms with E-state index in [1.54, 1.807) is 0 Å². The minimum Gasteiger partial charge on any atom is -0.474 e. The molecule has 2 aliphatic heterocycles. The molecule has 0 bridgehead atoms. The summed E-state index contributed by atoms with van der Waals surface area (Å²) in [6, 6.07) is 4.88. The monoisotopic (exact) mass is 527 g/mol. The SMILES string of the molecule is COC(=S)NC[C@H]1CN(c2cc(F)c(N3CCON(Cc4ccc([N+](=O)[O-])o4)CC3)c(F)c2)C(=O)O1. The van der Waals surface area contributed by atoms with Gasteiger partial charge in [0.25, 0.3) is 5.17 Å². The quantitative estimate of drug-likeness (QED) is 0.325. The summed E-state index contributed by atoms with van der Waals surface area (Å²) in [5.41, 5.74) is -0.211. The first kappa shape index (κ1) is 25.5. The number of hydrogen-bond acceptors (Lipinski definition) is 10. The fraction of sp³-hybridized carbons (Fsp3) is 0.429. The van der Waals surface area contributed by atoms with Crippen LogP contribution in [0.15, 0.2) is 28.7 Å². The Morgan fingerprint density at radius 2 is 2.03 bits per heavy atom. The number of nitrogens with zero attached hydrogens (tertiary/aromatic N) is 4. The number of hydroxylamine groups is 2. The van der Waals surface area contributed by atoms with Gasteiger partial charge in [0.15, 0.2) is 11.6 Å². The van der Waals surface area contributed by atoms with Gasteiger partial charge in [0.05, 0.1) is 45.1 Å². The van der Waals surface area contributed by atoms with Gasteiger partial charge in [0.2, 0.25) is 0 Å². The molecule has 0 aliphatic carbocycles. The predicted octanol–water partition coefficient (Wildman–Crippen LogP) is 2.57. The minimum atomic E-state index is -0.838. The molecule has 1 aromatic heterocycles. The summed E-state index contributed by atoms with van der Waals surface area (Å²) in [4.78, 5) is 30.7. The molecular formula is C21H23F2N5O7S. The van der Waals surface area contributed by atoms with Crippen molar-refractivity contribution in [3.63, 3.8) is 0 Å². The maximum absolute atomic E-state index is 15.1. The van der Waals surface area contributed by atoms with Crippen molar-refractivity contribution in [1.82, 2.24) is 10.4 Å². The lowest BCUT2D eigenvalue weighted by Crippen LogP contribution is -2.34. The van der Waals surface area contributed by atoms with Gasteiger partial charge in [-0.25, -0.2) is 13.6 Å². The number of carbonyl (C=O) groups excluding carboxylic acids is 1. The Morgan fingerprint density at radius 1 is 1.28 bits per heavy atom. The Kier molecular flexibility index (Phi) is 7.81. The topological polar surface area (TPSA) is 123 Å². The molecule has 194 valence electrons. The number of amides is 1. The first-order chi connectivity index (χ1) is 17.2.